The van der Waals surface area contributed by atoms with Crippen molar-refractivity contribution in [1.82, 2.24) is 15.0 Å². The average Bonchev–Trinajstić information content (AvgIpc) is 3.93. The molecule has 1 aromatic heterocycles. The van der Waals surface area contributed by atoms with Crippen molar-refractivity contribution in [2.24, 2.45) is 5.92 Å². The largest absolute Gasteiger partial charge is 0.497 e. The van der Waals surface area contributed by atoms with E-state index in [9.17, 15) is 9.90 Å². The number of carbonyl (C=O) groups is 2. The topological polar surface area (TPSA) is 110 Å². The summed E-state index contributed by atoms with van der Waals surface area (Å²) in [4.78, 5) is 31.8. The van der Waals surface area contributed by atoms with Crippen molar-refractivity contribution in [1.29, 1.82) is 0 Å². The Balaban J connectivity index is 1.30. The third-order valence-corrected chi connectivity index (χ3v) is 17.3. The van der Waals surface area contributed by atoms with Gasteiger partial charge in [-0.1, -0.05) is 114 Å². The molecular formula is C50H59N5O5Si. The van der Waals surface area contributed by atoms with Crippen LogP contribution < -0.4 is 19.7 Å². The predicted octanol–water partition coefficient (Wildman–Crippen LogP) is 9.05. The summed E-state index contributed by atoms with van der Waals surface area (Å²) >= 11 is 0. The summed E-state index contributed by atoms with van der Waals surface area (Å²) in [6, 6.07) is 33.7. The lowest BCUT2D eigenvalue weighted by Crippen LogP contribution is -2.52. The minimum absolute atomic E-state index is 0.00329. The molecule has 10 nitrogen and oxygen atoms in total. The lowest BCUT2D eigenvalue weighted by molar-refractivity contribution is -0.145. The molecule has 0 aliphatic carbocycles. The molecule has 1 fully saturated rings. The van der Waals surface area contributed by atoms with Gasteiger partial charge in [0.2, 0.25) is 6.41 Å². The Kier molecular flexibility index (Phi) is 13.2. The number of para-hydroxylation sites is 1. The highest BCUT2D eigenvalue weighted by Gasteiger charge is 2.66. The molecule has 5 atom stereocenters. The van der Waals surface area contributed by atoms with E-state index in [-0.39, 0.29) is 36.0 Å². The molecule has 0 saturated carbocycles. The molecule has 5 aromatic rings. The van der Waals surface area contributed by atoms with E-state index in [2.05, 4.69) is 75.4 Å². The fourth-order valence-electron chi connectivity index (χ4n) is 9.60. The lowest BCUT2D eigenvalue weighted by atomic mass is 9.82. The summed E-state index contributed by atoms with van der Waals surface area (Å²) in [7, 11) is -0.769. The summed E-state index contributed by atoms with van der Waals surface area (Å²) in [6.45, 7) is 14.1. The number of rotatable bonds is 17. The SMILES string of the molecule is COc1ccc([Si](C)(C)[C@H]2[C@H](CCn3cc(C(CO)c4ccccc4)nn3)O[C@@]3(C(=O)N(C/C=C(\C)CCC=C(C)C)c4ccc(N(C=O)c5ccccc5)cc43)[C@@H]2C)cc1. The monoisotopic (exact) mass is 837 g/mol. The van der Waals surface area contributed by atoms with Gasteiger partial charge >= 0.3 is 0 Å². The van der Waals surface area contributed by atoms with Gasteiger partial charge in [-0.05, 0) is 93.6 Å². The standard InChI is InChI=1S/C50H59N5O5Si/c1-35(2)15-14-16-36(3)27-30-54-46-26-21-40(55(34-57)39-19-12-9-13-20-39)31-44(46)50(49(54)58)37(4)48(61(6,7)42-24-22-41(59-5)23-25-42)47(60-50)28-29-53-32-45(51-52-53)43(33-56)38-17-10-8-11-18-38/h8-13,15,17-27,31-32,34,37,43,47-48,56H,14,16,28-30,33H2,1-7H3/b36-27+/t37-,43?,47+,48-,50+/m1/s1. The van der Waals surface area contributed by atoms with Crippen LogP contribution >= 0.6 is 0 Å². The third-order valence-electron chi connectivity index (χ3n) is 12.9. The molecule has 7 rings (SSSR count). The van der Waals surface area contributed by atoms with Crippen LogP contribution in [0.5, 0.6) is 5.75 Å². The third kappa shape index (κ3) is 8.64. The quantitative estimate of drug-likeness (QED) is 0.0566. The van der Waals surface area contributed by atoms with Gasteiger partial charge < -0.3 is 19.5 Å². The number of benzene rings is 4. The first-order valence-electron chi connectivity index (χ1n) is 21.4. The molecule has 2 aliphatic heterocycles. The Morgan fingerprint density at radius 1 is 0.967 bits per heavy atom. The minimum Gasteiger partial charge on any atom is -0.497 e. The number of amides is 2. The predicted molar refractivity (Wildman–Crippen MR) is 245 cm³/mol. The van der Waals surface area contributed by atoms with Crippen molar-refractivity contribution < 1.29 is 24.2 Å². The first-order chi connectivity index (χ1) is 29.4. The van der Waals surface area contributed by atoms with Crippen LogP contribution in [0.1, 0.15) is 69.7 Å². The molecule has 0 radical (unpaired) electrons. The molecule has 1 spiro atoms. The van der Waals surface area contributed by atoms with E-state index in [0.717, 1.165) is 47.5 Å². The second kappa shape index (κ2) is 18.6. The smallest absolute Gasteiger partial charge is 0.264 e. The zero-order valence-corrected chi connectivity index (χ0v) is 37.5. The molecule has 2 aliphatic rings. The molecule has 318 valence electrons. The molecule has 0 bridgehead atoms. The number of anilines is 3. The second-order valence-electron chi connectivity index (χ2n) is 17.3. The van der Waals surface area contributed by atoms with Crippen molar-refractivity contribution >= 4 is 42.6 Å². The molecule has 1 saturated heterocycles. The first kappa shape index (κ1) is 43.5. The zero-order chi connectivity index (χ0) is 43.3. The fraction of sp³-hybridized carbons (Fsp3) is 0.360. The van der Waals surface area contributed by atoms with Crippen LogP contribution in [0.25, 0.3) is 0 Å². The molecule has 1 unspecified atom stereocenters. The minimum atomic E-state index is -2.44. The number of ether oxygens (including phenoxy) is 2. The number of hydrogen-bond acceptors (Lipinski definition) is 7. The van der Waals surface area contributed by atoms with Crippen LogP contribution in [0.4, 0.5) is 17.1 Å². The molecule has 3 heterocycles. The molecular weight excluding hydrogens is 779 g/mol. The number of aliphatic hydroxyl groups is 1. The number of fused-ring (bicyclic) bond motifs is 2. The van der Waals surface area contributed by atoms with E-state index in [1.807, 2.05) is 107 Å². The molecule has 1 N–H and O–H groups in total. The number of aliphatic hydroxyl groups excluding tert-OH is 1. The van der Waals surface area contributed by atoms with Gasteiger partial charge in [-0.15, -0.1) is 5.10 Å². The van der Waals surface area contributed by atoms with Crippen LogP contribution in [-0.4, -0.2) is 66.9 Å². The van der Waals surface area contributed by atoms with Crippen molar-refractivity contribution in [2.75, 3.05) is 30.1 Å². The summed E-state index contributed by atoms with van der Waals surface area (Å²) in [5, 5.41) is 20.7. The second-order valence-corrected chi connectivity index (χ2v) is 22.0. The molecule has 2 amide bonds. The van der Waals surface area contributed by atoms with Crippen LogP contribution in [0.15, 0.2) is 133 Å². The van der Waals surface area contributed by atoms with Gasteiger partial charge in [-0.2, -0.15) is 0 Å². The highest BCUT2D eigenvalue weighted by atomic mass is 28.3. The van der Waals surface area contributed by atoms with Crippen LogP contribution in [-0.2, 0) is 26.5 Å². The number of allylic oxidation sites excluding steroid dienone is 3. The van der Waals surface area contributed by atoms with Crippen molar-refractivity contribution in [3.8, 4) is 5.75 Å². The summed E-state index contributed by atoms with van der Waals surface area (Å²) in [5.74, 6) is 0.178. The van der Waals surface area contributed by atoms with E-state index >= 15 is 4.79 Å². The Hall–Kier alpha value is -5.62. The maximum atomic E-state index is 15.5. The highest BCUT2D eigenvalue weighted by molar-refractivity contribution is 6.91. The van der Waals surface area contributed by atoms with Gasteiger partial charge in [0.1, 0.15) is 5.75 Å². The Labute approximate surface area is 361 Å². The normalized spacial score (nSPS) is 20.5. The first-order valence-corrected chi connectivity index (χ1v) is 24.4. The number of aromatic nitrogens is 3. The maximum absolute atomic E-state index is 15.5. The van der Waals surface area contributed by atoms with Gasteiger partial charge in [0.15, 0.2) is 5.60 Å². The van der Waals surface area contributed by atoms with E-state index in [1.54, 1.807) is 12.0 Å². The lowest BCUT2D eigenvalue weighted by Gasteiger charge is -2.37. The van der Waals surface area contributed by atoms with Gasteiger partial charge in [0.25, 0.3) is 5.91 Å². The number of nitrogens with zero attached hydrogens (tertiary/aromatic N) is 5. The van der Waals surface area contributed by atoms with E-state index in [1.165, 1.54) is 16.3 Å². The Bertz CT molecular complexity index is 2360. The van der Waals surface area contributed by atoms with E-state index in [4.69, 9.17) is 9.47 Å². The number of aryl methyl sites for hydroxylation is 1. The van der Waals surface area contributed by atoms with Crippen molar-refractivity contribution in [3.05, 3.63) is 149 Å². The maximum Gasteiger partial charge on any atom is 0.264 e. The van der Waals surface area contributed by atoms with Crippen molar-refractivity contribution in [3.63, 3.8) is 0 Å². The van der Waals surface area contributed by atoms with Crippen LogP contribution in [0, 0.1) is 5.92 Å². The van der Waals surface area contributed by atoms with Crippen LogP contribution in [0.3, 0.4) is 0 Å². The summed E-state index contributed by atoms with van der Waals surface area (Å²) in [5.41, 5.74) is 5.83. The van der Waals surface area contributed by atoms with Gasteiger partial charge in [0, 0.05) is 42.1 Å². The molecule has 61 heavy (non-hydrogen) atoms. The summed E-state index contributed by atoms with van der Waals surface area (Å²) in [6.07, 6.45) is 9.25. The van der Waals surface area contributed by atoms with Gasteiger partial charge in [-0.3, -0.25) is 19.2 Å². The number of hydrogen-bond donors (Lipinski definition) is 1. The Morgan fingerprint density at radius 2 is 1.67 bits per heavy atom. The Morgan fingerprint density at radius 3 is 2.33 bits per heavy atom. The number of carbonyl (C=O) groups excluding carboxylic acids is 2. The van der Waals surface area contributed by atoms with E-state index in [0.29, 0.717) is 30.9 Å². The van der Waals surface area contributed by atoms with Gasteiger partial charge in [-0.25, -0.2) is 0 Å². The fourth-order valence-corrected chi connectivity index (χ4v) is 13.7. The molecule has 4 aromatic carbocycles. The van der Waals surface area contributed by atoms with Crippen LogP contribution in [0.2, 0.25) is 18.6 Å². The highest BCUT2D eigenvalue weighted by Crippen LogP contribution is 2.60. The average molecular weight is 838 g/mol. The van der Waals surface area contributed by atoms with Gasteiger partial charge in [0.05, 0.1) is 45.2 Å². The van der Waals surface area contributed by atoms with E-state index < -0.39 is 13.7 Å². The van der Waals surface area contributed by atoms with Crippen molar-refractivity contribution in [2.45, 2.75) is 89.8 Å². The number of methoxy groups -OCH3 is 1. The molecule has 11 heteroatoms. The zero-order valence-electron chi connectivity index (χ0n) is 36.5. The summed E-state index contributed by atoms with van der Waals surface area (Å²) < 4.78 is 14.9.